The molecule has 0 spiro atoms. The van der Waals surface area contributed by atoms with Crippen LogP contribution in [0.3, 0.4) is 0 Å². The fourth-order valence-corrected chi connectivity index (χ4v) is 1.15. The molecule has 0 aliphatic carbocycles. The van der Waals surface area contributed by atoms with Crippen LogP contribution in [0, 0.1) is 10.1 Å². The van der Waals surface area contributed by atoms with Crippen molar-refractivity contribution in [2.75, 3.05) is 13.2 Å². The van der Waals surface area contributed by atoms with Gasteiger partial charge in [-0.05, 0) is 6.07 Å². The maximum atomic E-state index is 10.4. The van der Waals surface area contributed by atoms with E-state index in [0.29, 0.717) is 24.7 Å². The van der Waals surface area contributed by atoms with E-state index in [9.17, 15) is 10.1 Å². The standard InChI is InChI=1S/C8H7NO4.ClH/c10-9(11)6-1-2-7-8(5-6)13-4-3-12-7;/h1-2,5H,3-4H2;1H. The molecule has 1 heterocycles. The molecule has 0 aromatic heterocycles. The smallest absolute Gasteiger partial charge is 0.273 e. The quantitative estimate of drug-likeness (QED) is 0.532. The Balaban J connectivity index is 0.000000980. The van der Waals surface area contributed by atoms with Gasteiger partial charge in [0.25, 0.3) is 5.69 Å². The number of rotatable bonds is 1. The summed E-state index contributed by atoms with van der Waals surface area (Å²) in [6, 6.07) is 4.31. The molecule has 0 atom stereocenters. The van der Waals surface area contributed by atoms with Crippen molar-refractivity contribution in [3.8, 4) is 11.5 Å². The average Bonchev–Trinajstić information content (AvgIpc) is 2.17. The second kappa shape index (κ2) is 4.15. The van der Waals surface area contributed by atoms with Gasteiger partial charge in [-0.3, -0.25) is 10.1 Å². The predicted molar refractivity (Wildman–Crippen MR) is 51.3 cm³/mol. The summed E-state index contributed by atoms with van der Waals surface area (Å²) in [4.78, 5) is 9.94. The van der Waals surface area contributed by atoms with Crippen molar-refractivity contribution in [1.82, 2.24) is 0 Å². The normalized spacial score (nSPS) is 12.9. The van der Waals surface area contributed by atoms with Gasteiger partial charge in [-0.15, -0.1) is 12.4 Å². The summed E-state index contributed by atoms with van der Waals surface area (Å²) < 4.78 is 10.4. The van der Waals surface area contributed by atoms with E-state index in [1.165, 1.54) is 12.1 Å². The van der Waals surface area contributed by atoms with Crippen LogP contribution in [0.15, 0.2) is 18.2 Å². The molecule has 0 amide bonds. The minimum Gasteiger partial charge on any atom is -0.486 e. The summed E-state index contributed by atoms with van der Waals surface area (Å²) in [5.74, 6) is 1.01. The number of benzene rings is 1. The molecule has 2 rings (SSSR count). The van der Waals surface area contributed by atoms with Crippen LogP contribution in [0.25, 0.3) is 0 Å². The first-order valence-electron chi connectivity index (χ1n) is 3.81. The molecular weight excluding hydrogens is 210 g/mol. The molecule has 14 heavy (non-hydrogen) atoms. The van der Waals surface area contributed by atoms with Crippen molar-refractivity contribution in [3.05, 3.63) is 28.3 Å². The van der Waals surface area contributed by atoms with E-state index in [1.54, 1.807) is 6.07 Å². The molecule has 1 aliphatic heterocycles. The van der Waals surface area contributed by atoms with Gasteiger partial charge in [0.05, 0.1) is 11.0 Å². The van der Waals surface area contributed by atoms with Crippen molar-refractivity contribution in [2.45, 2.75) is 0 Å². The van der Waals surface area contributed by atoms with Gasteiger partial charge >= 0.3 is 0 Å². The summed E-state index contributed by atoms with van der Waals surface area (Å²) >= 11 is 0. The van der Waals surface area contributed by atoms with Crippen LogP contribution in [-0.2, 0) is 0 Å². The Morgan fingerprint density at radius 1 is 1.21 bits per heavy atom. The molecule has 0 bridgehead atoms. The van der Waals surface area contributed by atoms with Crippen LogP contribution >= 0.6 is 12.4 Å². The highest BCUT2D eigenvalue weighted by Gasteiger charge is 2.15. The molecule has 1 aromatic carbocycles. The van der Waals surface area contributed by atoms with Crippen LogP contribution in [0.2, 0.25) is 0 Å². The molecule has 0 radical (unpaired) electrons. The van der Waals surface area contributed by atoms with Gasteiger partial charge in [0.2, 0.25) is 0 Å². The SMILES string of the molecule is Cl.O=[N+]([O-])c1ccc2c(c1)OCCO2. The lowest BCUT2D eigenvalue weighted by atomic mass is 10.2. The summed E-state index contributed by atoms with van der Waals surface area (Å²) in [5, 5.41) is 10.4. The Kier molecular flexibility index (Phi) is 3.14. The fraction of sp³-hybridized carbons (Fsp3) is 0.250. The number of hydrogen-bond acceptors (Lipinski definition) is 4. The minimum absolute atomic E-state index is 0. The van der Waals surface area contributed by atoms with E-state index in [-0.39, 0.29) is 18.1 Å². The summed E-state index contributed by atoms with van der Waals surface area (Å²) in [6.07, 6.45) is 0. The lowest BCUT2D eigenvalue weighted by Crippen LogP contribution is -2.15. The highest BCUT2D eigenvalue weighted by molar-refractivity contribution is 5.85. The van der Waals surface area contributed by atoms with E-state index in [4.69, 9.17) is 9.47 Å². The maximum absolute atomic E-state index is 10.4. The summed E-state index contributed by atoms with van der Waals surface area (Å²) in [5.41, 5.74) is 0.0178. The second-order valence-corrected chi connectivity index (χ2v) is 2.59. The third-order valence-corrected chi connectivity index (χ3v) is 1.74. The van der Waals surface area contributed by atoms with E-state index in [2.05, 4.69) is 0 Å². The van der Waals surface area contributed by atoms with Gasteiger partial charge in [-0.25, -0.2) is 0 Å². The van der Waals surface area contributed by atoms with Gasteiger partial charge < -0.3 is 9.47 Å². The Bertz CT molecular complexity index is 355. The Hall–Kier alpha value is -1.49. The number of hydrogen-bond donors (Lipinski definition) is 0. The monoisotopic (exact) mass is 217 g/mol. The number of ether oxygens (including phenoxy) is 2. The molecule has 1 aromatic rings. The third kappa shape index (κ3) is 1.88. The third-order valence-electron chi connectivity index (χ3n) is 1.74. The molecule has 0 saturated heterocycles. The molecule has 6 heteroatoms. The molecule has 0 saturated carbocycles. The van der Waals surface area contributed by atoms with E-state index >= 15 is 0 Å². The van der Waals surface area contributed by atoms with Crippen LogP contribution in [0.1, 0.15) is 0 Å². The molecule has 0 N–H and O–H groups in total. The van der Waals surface area contributed by atoms with Crippen LogP contribution < -0.4 is 9.47 Å². The average molecular weight is 218 g/mol. The van der Waals surface area contributed by atoms with E-state index in [0.717, 1.165) is 0 Å². The zero-order valence-electron chi connectivity index (χ0n) is 7.13. The number of halogens is 1. The lowest BCUT2D eigenvalue weighted by Gasteiger charge is -2.17. The fourth-order valence-electron chi connectivity index (χ4n) is 1.15. The number of fused-ring (bicyclic) bond motifs is 1. The Labute approximate surface area is 86.2 Å². The molecule has 5 nitrogen and oxygen atoms in total. The number of nitrogens with zero attached hydrogens (tertiary/aromatic N) is 1. The van der Waals surface area contributed by atoms with Gasteiger partial charge in [0, 0.05) is 6.07 Å². The van der Waals surface area contributed by atoms with Crippen LogP contribution in [0.5, 0.6) is 11.5 Å². The van der Waals surface area contributed by atoms with Crippen molar-refractivity contribution >= 4 is 18.1 Å². The van der Waals surface area contributed by atoms with Crippen molar-refractivity contribution in [2.24, 2.45) is 0 Å². The van der Waals surface area contributed by atoms with Gasteiger partial charge in [0.1, 0.15) is 13.2 Å². The van der Waals surface area contributed by atoms with Crippen LogP contribution in [0.4, 0.5) is 5.69 Å². The van der Waals surface area contributed by atoms with Crippen molar-refractivity contribution in [3.63, 3.8) is 0 Å². The van der Waals surface area contributed by atoms with Gasteiger partial charge in [0.15, 0.2) is 11.5 Å². The summed E-state index contributed by atoms with van der Waals surface area (Å²) in [7, 11) is 0. The molecule has 0 fully saturated rings. The van der Waals surface area contributed by atoms with Crippen LogP contribution in [-0.4, -0.2) is 18.1 Å². The van der Waals surface area contributed by atoms with Gasteiger partial charge in [-0.2, -0.15) is 0 Å². The number of nitro benzene ring substituents is 1. The van der Waals surface area contributed by atoms with E-state index in [1.807, 2.05) is 0 Å². The highest BCUT2D eigenvalue weighted by atomic mass is 35.5. The first kappa shape index (κ1) is 10.6. The topological polar surface area (TPSA) is 61.6 Å². The first-order valence-corrected chi connectivity index (χ1v) is 3.81. The van der Waals surface area contributed by atoms with Gasteiger partial charge in [-0.1, -0.05) is 0 Å². The molecule has 1 aliphatic rings. The zero-order chi connectivity index (χ0) is 9.26. The largest absolute Gasteiger partial charge is 0.486 e. The minimum atomic E-state index is -0.460. The molecule has 0 unspecified atom stereocenters. The first-order chi connectivity index (χ1) is 6.27. The van der Waals surface area contributed by atoms with Crippen molar-refractivity contribution < 1.29 is 14.4 Å². The Morgan fingerprint density at radius 3 is 2.50 bits per heavy atom. The maximum Gasteiger partial charge on any atom is 0.273 e. The number of non-ortho nitro benzene ring substituents is 1. The zero-order valence-corrected chi connectivity index (χ0v) is 7.95. The number of nitro groups is 1. The predicted octanol–water partition coefficient (Wildman–Crippen LogP) is 1.79. The van der Waals surface area contributed by atoms with E-state index < -0.39 is 4.92 Å². The summed E-state index contributed by atoms with van der Waals surface area (Å²) in [6.45, 7) is 0.930. The van der Waals surface area contributed by atoms with Crippen molar-refractivity contribution in [1.29, 1.82) is 0 Å². The lowest BCUT2D eigenvalue weighted by molar-refractivity contribution is -0.385. The Morgan fingerprint density at radius 2 is 1.86 bits per heavy atom. The highest BCUT2D eigenvalue weighted by Crippen LogP contribution is 2.33. The molecular formula is C8H8ClNO4. The molecule has 76 valence electrons. The second-order valence-electron chi connectivity index (χ2n) is 2.59.